The first-order chi connectivity index (χ1) is 16.0. The quantitative estimate of drug-likeness (QED) is 0.737. The van der Waals surface area contributed by atoms with Gasteiger partial charge in [-0.15, -0.1) is 0 Å². The normalized spacial score (nSPS) is 18.3. The standard InChI is InChI=1S/C27H36N4O2/c1-21-8-9-25(22(2)18-21)28-26(32)20-29-12-10-24(11-13-29)27(33)31-16-14-30(15-17-31)19-23-6-4-3-5-7-23/h3-9,18,24H,10-17,19-20H2,1-2H3,(H,28,32). The number of piperazine rings is 1. The van der Waals surface area contributed by atoms with E-state index in [2.05, 4.69) is 57.3 Å². The van der Waals surface area contributed by atoms with E-state index in [-0.39, 0.29) is 11.8 Å². The Balaban J connectivity index is 1.18. The van der Waals surface area contributed by atoms with E-state index in [1.165, 1.54) is 11.1 Å². The maximum atomic E-state index is 13.1. The highest BCUT2D eigenvalue weighted by Crippen LogP contribution is 2.21. The summed E-state index contributed by atoms with van der Waals surface area (Å²) in [6.45, 7) is 10.5. The van der Waals surface area contributed by atoms with Crippen LogP contribution >= 0.6 is 0 Å². The molecule has 6 nitrogen and oxygen atoms in total. The second kappa shape index (κ2) is 10.9. The van der Waals surface area contributed by atoms with Crippen LogP contribution in [0.5, 0.6) is 0 Å². The van der Waals surface area contributed by atoms with Gasteiger partial charge in [0, 0.05) is 44.3 Å². The van der Waals surface area contributed by atoms with Gasteiger partial charge in [-0.3, -0.25) is 19.4 Å². The third-order valence-corrected chi connectivity index (χ3v) is 6.89. The van der Waals surface area contributed by atoms with Gasteiger partial charge in [0.1, 0.15) is 0 Å². The van der Waals surface area contributed by atoms with Gasteiger partial charge in [-0.2, -0.15) is 0 Å². The number of amides is 2. The number of likely N-dealkylation sites (tertiary alicyclic amines) is 1. The maximum Gasteiger partial charge on any atom is 0.238 e. The molecule has 176 valence electrons. The zero-order valence-corrected chi connectivity index (χ0v) is 19.9. The Morgan fingerprint density at radius 1 is 0.879 bits per heavy atom. The molecule has 2 saturated heterocycles. The molecule has 2 aromatic rings. The van der Waals surface area contributed by atoms with Crippen LogP contribution in [0.2, 0.25) is 0 Å². The van der Waals surface area contributed by atoms with Crippen LogP contribution in [0.4, 0.5) is 5.69 Å². The van der Waals surface area contributed by atoms with Crippen molar-refractivity contribution in [3.05, 3.63) is 65.2 Å². The van der Waals surface area contributed by atoms with Crippen LogP contribution in [0, 0.1) is 19.8 Å². The fraction of sp³-hybridized carbons (Fsp3) is 0.481. The van der Waals surface area contributed by atoms with Gasteiger partial charge in [0.15, 0.2) is 0 Å². The minimum absolute atomic E-state index is 0.0151. The number of aryl methyl sites for hydroxylation is 2. The van der Waals surface area contributed by atoms with Crippen LogP contribution in [0.3, 0.4) is 0 Å². The average Bonchev–Trinajstić information content (AvgIpc) is 2.82. The molecule has 33 heavy (non-hydrogen) atoms. The molecule has 0 radical (unpaired) electrons. The van der Waals surface area contributed by atoms with Crippen molar-refractivity contribution in [1.82, 2.24) is 14.7 Å². The summed E-state index contributed by atoms with van der Waals surface area (Å²) in [7, 11) is 0. The molecule has 2 aliphatic heterocycles. The Kier molecular flexibility index (Phi) is 7.78. The Morgan fingerprint density at radius 2 is 1.58 bits per heavy atom. The summed E-state index contributed by atoms with van der Waals surface area (Å²) in [5.41, 5.74) is 4.47. The largest absolute Gasteiger partial charge is 0.340 e. The van der Waals surface area contributed by atoms with Crippen molar-refractivity contribution in [3.63, 3.8) is 0 Å². The molecule has 0 saturated carbocycles. The molecule has 6 heteroatoms. The van der Waals surface area contributed by atoms with E-state index >= 15 is 0 Å². The van der Waals surface area contributed by atoms with Gasteiger partial charge < -0.3 is 10.2 Å². The Hall–Kier alpha value is -2.70. The number of rotatable bonds is 6. The fourth-order valence-electron chi connectivity index (χ4n) is 4.91. The predicted octanol–water partition coefficient (Wildman–Crippen LogP) is 3.30. The van der Waals surface area contributed by atoms with E-state index < -0.39 is 0 Å². The number of nitrogens with zero attached hydrogens (tertiary/aromatic N) is 3. The minimum atomic E-state index is 0.0151. The highest BCUT2D eigenvalue weighted by Gasteiger charge is 2.30. The predicted molar refractivity (Wildman–Crippen MR) is 132 cm³/mol. The molecule has 0 spiro atoms. The van der Waals surface area contributed by atoms with Gasteiger partial charge in [-0.25, -0.2) is 0 Å². The summed E-state index contributed by atoms with van der Waals surface area (Å²) in [5, 5.41) is 3.03. The molecule has 0 aliphatic carbocycles. The molecule has 0 unspecified atom stereocenters. The SMILES string of the molecule is Cc1ccc(NC(=O)CN2CCC(C(=O)N3CCN(Cc4ccccc4)CC3)CC2)c(C)c1. The molecule has 1 N–H and O–H groups in total. The van der Waals surface area contributed by atoms with Gasteiger partial charge in [-0.05, 0) is 57.0 Å². The summed E-state index contributed by atoms with van der Waals surface area (Å²) in [6, 6.07) is 16.6. The van der Waals surface area contributed by atoms with Crippen molar-refractivity contribution < 1.29 is 9.59 Å². The number of nitrogens with one attached hydrogen (secondary N) is 1. The molecule has 2 aromatic carbocycles. The van der Waals surface area contributed by atoms with Crippen molar-refractivity contribution in [2.24, 2.45) is 5.92 Å². The average molecular weight is 449 g/mol. The Morgan fingerprint density at radius 3 is 2.24 bits per heavy atom. The summed E-state index contributed by atoms with van der Waals surface area (Å²) < 4.78 is 0. The Labute approximate surface area is 197 Å². The molecular formula is C27H36N4O2. The lowest BCUT2D eigenvalue weighted by molar-refractivity contribution is -0.139. The third kappa shape index (κ3) is 6.42. The van der Waals surface area contributed by atoms with Crippen molar-refractivity contribution >= 4 is 17.5 Å². The molecule has 0 aromatic heterocycles. The van der Waals surface area contributed by atoms with Crippen molar-refractivity contribution in [2.75, 3.05) is 51.1 Å². The number of benzene rings is 2. The van der Waals surface area contributed by atoms with E-state index in [1.54, 1.807) is 0 Å². The van der Waals surface area contributed by atoms with Crippen LogP contribution in [0.25, 0.3) is 0 Å². The monoisotopic (exact) mass is 448 g/mol. The van der Waals surface area contributed by atoms with Crippen molar-refractivity contribution in [3.8, 4) is 0 Å². The zero-order chi connectivity index (χ0) is 23.2. The lowest BCUT2D eigenvalue weighted by Crippen LogP contribution is -2.51. The van der Waals surface area contributed by atoms with Crippen LogP contribution in [-0.4, -0.2) is 72.3 Å². The van der Waals surface area contributed by atoms with Gasteiger partial charge >= 0.3 is 0 Å². The molecule has 2 amide bonds. The molecule has 2 fully saturated rings. The molecule has 4 rings (SSSR count). The Bertz CT molecular complexity index is 946. The molecule has 0 bridgehead atoms. The summed E-state index contributed by atoms with van der Waals surface area (Å²) in [4.78, 5) is 32.2. The fourth-order valence-corrected chi connectivity index (χ4v) is 4.91. The maximum absolute atomic E-state index is 13.1. The lowest BCUT2D eigenvalue weighted by atomic mass is 9.95. The topological polar surface area (TPSA) is 55.9 Å². The molecule has 0 atom stereocenters. The first kappa shape index (κ1) is 23.5. The number of anilines is 1. The highest BCUT2D eigenvalue weighted by atomic mass is 16.2. The molecule has 2 heterocycles. The first-order valence-electron chi connectivity index (χ1n) is 12.1. The second-order valence-corrected chi connectivity index (χ2v) is 9.50. The summed E-state index contributed by atoms with van der Waals surface area (Å²) in [5.74, 6) is 0.402. The zero-order valence-electron chi connectivity index (χ0n) is 19.9. The summed E-state index contributed by atoms with van der Waals surface area (Å²) in [6.07, 6.45) is 1.67. The smallest absolute Gasteiger partial charge is 0.238 e. The van der Waals surface area contributed by atoms with E-state index in [4.69, 9.17) is 0 Å². The number of carbonyl (C=O) groups excluding carboxylic acids is 2. The van der Waals surface area contributed by atoms with Gasteiger partial charge in [0.2, 0.25) is 11.8 Å². The number of hydrogen-bond donors (Lipinski definition) is 1. The van der Waals surface area contributed by atoms with E-state index in [0.717, 1.165) is 69.9 Å². The third-order valence-electron chi connectivity index (χ3n) is 6.89. The minimum Gasteiger partial charge on any atom is -0.340 e. The highest BCUT2D eigenvalue weighted by molar-refractivity contribution is 5.93. The number of hydrogen-bond acceptors (Lipinski definition) is 4. The van der Waals surface area contributed by atoms with E-state index in [1.807, 2.05) is 25.1 Å². The van der Waals surface area contributed by atoms with Crippen LogP contribution in [0.1, 0.15) is 29.5 Å². The van der Waals surface area contributed by atoms with Crippen LogP contribution in [0.15, 0.2) is 48.5 Å². The molecular weight excluding hydrogens is 412 g/mol. The van der Waals surface area contributed by atoms with E-state index in [9.17, 15) is 9.59 Å². The summed E-state index contributed by atoms with van der Waals surface area (Å²) >= 11 is 0. The van der Waals surface area contributed by atoms with E-state index in [0.29, 0.717) is 12.5 Å². The van der Waals surface area contributed by atoms with Crippen LogP contribution in [-0.2, 0) is 16.1 Å². The van der Waals surface area contributed by atoms with Crippen LogP contribution < -0.4 is 5.32 Å². The number of carbonyl (C=O) groups is 2. The molecule has 2 aliphatic rings. The van der Waals surface area contributed by atoms with Gasteiger partial charge in [-0.1, -0.05) is 48.0 Å². The first-order valence-corrected chi connectivity index (χ1v) is 12.1. The van der Waals surface area contributed by atoms with Crippen molar-refractivity contribution in [2.45, 2.75) is 33.2 Å². The van der Waals surface area contributed by atoms with Crippen molar-refractivity contribution in [1.29, 1.82) is 0 Å². The second-order valence-electron chi connectivity index (χ2n) is 9.50. The van der Waals surface area contributed by atoms with Gasteiger partial charge in [0.25, 0.3) is 0 Å². The number of piperidine rings is 1. The van der Waals surface area contributed by atoms with Gasteiger partial charge in [0.05, 0.1) is 6.54 Å². The lowest BCUT2D eigenvalue weighted by Gasteiger charge is -2.38.